The Morgan fingerprint density at radius 2 is 1.81 bits per heavy atom. The minimum absolute atomic E-state index is 0.195. The molecule has 8 nitrogen and oxygen atoms in total. The van der Waals surface area contributed by atoms with Crippen LogP contribution in [-0.4, -0.2) is 46.1 Å². The first-order valence-corrected chi connectivity index (χ1v) is 9.66. The van der Waals surface area contributed by atoms with Gasteiger partial charge in [0.25, 0.3) is 5.91 Å². The molecule has 9 heteroatoms. The first-order valence-electron chi connectivity index (χ1n) is 8.22. The van der Waals surface area contributed by atoms with E-state index in [0.29, 0.717) is 19.4 Å². The fourth-order valence-electron chi connectivity index (χ4n) is 3.21. The van der Waals surface area contributed by atoms with Gasteiger partial charge in [-0.2, -0.15) is 4.31 Å². The zero-order valence-corrected chi connectivity index (χ0v) is 14.6. The second-order valence-corrected chi connectivity index (χ2v) is 8.02. The van der Waals surface area contributed by atoms with Gasteiger partial charge in [-0.1, -0.05) is 30.3 Å². The summed E-state index contributed by atoms with van der Waals surface area (Å²) in [4.78, 5) is 12.7. The van der Waals surface area contributed by atoms with Crippen LogP contribution < -0.4 is 5.43 Å². The number of aromatic nitrogens is 3. The van der Waals surface area contributed by atoms with Gasteiger partial charge < -0.3 is 0 Å². The van der Waals surface area contributed by atoms with Gasteiger partial charge in [0, 0.05) is 6.54 Å². The summed E-state index contributed by atoms with van der Waals surface area (Å²) in [5.41, 5.74) is 2.59. The minimum Gasteiger partial charge on any atom is -0.271 e. The lowest BCUT2D eigenvalue weighted by atomic mass is 10.1. The molecular weight excluding hydrogens is 354 g/mol. The van der Waals surface area contributed by atoms with Gasteiger partial charge in [-0.3, -0.25) is 10.2 Å². The molecule has 1 N–H and O–H groups in total. The van der Waals surface area contributed by atoms with E-state index in [1.165, 1.54) is 21.6 Å². The Balaban J connectivity index is 1.63. The summed E-state index contributed by atoms with van der Waals surface area (Å²) < 4.78 is 28.8. The van der Waals surface area contributed by atoms with E-state index in [1.54, 1.807) is 18.2 Å². The van der Waals surface area contributed by atoms with E-state index in [-0.39, 0.29) is 4.90 Å². The van der Waals surface area contributed by atoms with E-state index < -0.39 is 22.0 Å². The van der Waals surface area contributed by atoms with E-state index in [9.17, 15) is 13.2 Å². The monoisotopic (exact) mass is 371 g/mol. The fraction of sp³-hybridized carbons (Fsp3) is 0.235. The molecule has 4 rings (SSSR count). The number of rotatable bonds is 4. The summed E-state index contributed by atoms with van der Waals surface area (Å²) in [6.45, 7) is 0.315. The van der Waals surface area contributed by atoms with Crippen LogP contribution in [0.15, 0.2) is 60.0 Å². The van der Waals surface area contributed by atoms with Crippen LogP contribution in [0.25, 0.3) is 10.8 Å². The average molecular weight is 371 g/mol. The zero-order chi connectivity index (χ0) is 18.1. The summed E-state index contributed by atoms with van der Waals surface area (Å²) in [5, 5.41) is 9.04. The van der Waals surface area contributed by atoms with Crippen molar-refractivity contribution >= 4 is 26.7 Å². The Hall–Kier alpha value is -2.78. The van der Waals surface area contributed by atoms with Crippen LogP contribution in [0.4, 0.5) is 0 Å². The first-order chi connectivity index (χ1) is 12.6. The van der Waals surface area contributed by atoms with Gasteiger partial charge in [-0.15, -0.1) is 10.2 Å². The number of hydrogen-bond donors (Lipinski definition) is 1. The topological polar surface area (TPSA) is 97.2 Å². The number of fused-ring (bicyclic) bond motifs is 1. The summed E-state index contributed by atoms with van der Waals surface area (Å²) in [6, 6.07) is 11.8. The summed E-state index contributed by atoms with van der Waals surface area (Å²) in [6.07, 6.45) is 3.79. The SMILES string of the molecule is O=C(Nn1cnnc1)C1CCCN1S(=O)(=O)c1ccc2ccccc2c1. The Morgan fingerprint density at radius 3 is 2.58 bits per heavy atom. The van der Waals surface area contributed by atoms with E-state index in [2.05, 4.69) is 15.6 Å². The Labute approximate surface area is 150 Å². The predicted octanol–water partition coefficient (Wildman–Crippen LogP) is 1.35. The Bertz CT molecular complexity index is 1050. The summed E-state index contributed by atoms with van der Waals surface area (Å²) in [7, 11) is -3.77. The molecular formula is C17H17N5O3S. The molecule has 1 aliphatic rings. The molecule has 1 saturated heterocycles. The number of benzene rings is 2. The van der Waals surface area contributed by atoms with Gasteiger partial charge in [0.2, 0.25) is 10.0 Å². The van der Waals surface area contributed by atoms with Crippen LogP contribution in [0.3, 0.4) is 0 Å². The van der Waals surface area contributed by atoms with Crippen molar-refractivity contribution in [2.45, 2.75) is 23.8 Å². The van der Waals surface area contributed by atoms with Gasteiger partial charge in [-0.25, -0.2) is 13.1 Å². The molecule has 0 saturated carbocycles. The lowest BCUT2D eigenvalue weighted by molar-refractivity contribution is -0.120. The molecule has 26 heavy (non-hydrogen) atoms. The predicted molar refractivity (Wildman–Crippen MR) is 95.3 cm³/mol. The third kappa shape index (κ3) is 2.95. The highest BCUT2D eigenvalue weighted by Crippen LogP contribution is 2.28. The summed E-state index contributed by atoms with van der Waals surface area (Å²) in [5.74, 6) is -0.397. The van der Waals surface area contributed by atoms with Gasteiger partial charge in [0.05, 0.1) is 4.90 Å². The summed E-state index contributed by atoms with van der Waals surface area (Å²) >= 11 is 0. The van der Waals surface area contributed by atoms with Crippen LogP contribution in [0.2, 0.25) is 0 Å². The van der Waals surface area contributed by atoms with Gasteiger partial charge in [0.15, 0.2) is 0 Å². The molecule has 0 spiro atoms. The number of sulfonamides is 1. The van der Waals surface area contributed by atoms with E-state index >= 15 is 0 Å². The number of nitrogens with one attached hydrogen (secondary N) is 1. The zero-order valence-electron chi connectivity index (χ0n) is 13.8. The normalized spacial score (nSPS) is 18.2. The number of amides is 1. The van der Waals surface area contributed by atoms with E-state index in [0.717, 1.165) is 10.8 Å². The van der Waals surface area contributed by atoms with Crippen LogP contribution in [0.1, 0.15) is 12.8 Å². The molecule has 2 aromatic carbocycles. The molecule has 1 aromatic heterocycles. The second-order valence-electron chi connectivity index (χ2n) is 6.13. The molecule has 1 fully saturated rings. The third-order valence-electron chi connectivity index (χ3n) is 4.49. The molecule has 0 radical (unpaired) electrons. The lowest BCUT2D eigenvalue weighted by Crippen LogP contribution is -2.44. The van der Waals surface area contributed by atoms with Crippen molar-refractivity contribution in [2.75, 3.05) is 12.0 Å². The lowest BCUT2D eigenvalue weighted by Gasteiger charge is -2.23. The maximum Gasteiger partial charge on any atom is 0.257 e. The molecule has 1 amide bonds. The van der Waals surface area contributed by atoms with Crippen molar-refractivity contribution < 1.29 is 13.2 Å². The molecule has 1 atom stereocenters. The Kier molecular flexibility index (Phi) is 4.17. The number of hydrogen-bond acceptors (Lipinski definition) is 5. The fourth-order valence-corrected chi connectivity index (χ4v) is 4.91. The second kappa shape index (κ2) is 6.50. The van der Waals surface area contributed by atoms with E-state index in [1.807, 2.05) is 24.3 Å². The van der Waals surface area contributed by atoms with Crippen LogP contribution in [0.5, 0.6) is 0 Å². The quantitative estimate of drug-likeness (QED) is 0.747. The van der Waals surface area contributed by atoms with Crippen molar-refractivity contribution in [3.63, 3.8) is 0 Å². The van der Waals surface area contributed by atoms with Gasteiger partial charge >= 0.3 is 0 Å². The van der Waals surface area contributed by atoms with Crippen LogP contribution >= 0.6 is 0 Å². The van der Waals surface area contributed by atoms with Gasteiger partial charge in [0.1, 0.15) is 18.7 Å². The number of carbonyl (C=O) groups excluding carboxylic acids is 1. The van der Waals surface area contributed by atoms with Crippen molar-refractivity contribution in [3.05, 3.63) is 55.1 Å². The van der Waals surface area contributed by atoms with Crippen molar-refractivity contribution in [1.82, 2.24) is 19.2 Å². The van der Waals surface area contributed by atoms with Crippen molar-refractivity contribution in [2.24, 2.45) is 0 Å². The third-order valence-corrected chi connectivity index (χ3v) is 6.40. The minimum atomic E-state index is -3.77. The highest BCUT2D eigenvalue weighted by Gasteiger charge is 2.39. The first kappa shape index (κ1) is 16.7. The number of nitrogens with zero attached hydrogens (tertiary/aromatic N) is 4. The van der Waals surface area contributed by atoms with Gasteiger partial charge in [-0.05, 0) is 35.7 Å². The molecule has 134 valence electrons. The van der Waals surface area contributed by atoms with Crippen molar-refractivity contribution in [1.29, 1.82) is 0 Å². The maximum absolute atomic E-state index is 13.1. The maximum atomic E-state index is 13.1. The standard InChI is InChI=1S/C17H17N5O3S/c23-17(20-21-11-18-19-12-21)16-6-3-9-22(16)26(24,25)15-8-7-13-4-1-2-5-14(13)10-15/h1-2,4-5,7-8,10-12,16H,3,6,9H2,(H,20,23). The molecule has 1 unspecified atom stereocenters. The van der Waals surface area contributed by atoms with Crippen LogP contribution in [-0.2, 0) is 14.8 Å². The highest BCUT2D eigenvalue weighted by atomic mass is 32.2. The molecule has 3 aromatic rings. The molecule has 1 aliphatic heterocycles. The smallest absolute Gasteiger partial charge is 0.257 e. The molecule has 0 bridgehead atoms. The highest BCUT2D eigenvalue weighted by molar-refractivity contribution is 7.89. The average Bonchev–Trinajstić information content (AvgIpc) is 3.33. The largest absolute Gasteiger partial charge is 0.271 e. The molecule has 2 heterocycles. The number of carbonyl (C=O) groups is 1. The van der Waals surface area contributed by atoms with Crippen LogP contribution in [0, 0.1) is 0 Å². The van der Waals surface area contributed by atoms with Crippen molar-refractivity contribution in [3.8, 4) is 0 Å². The Morgan fingerprint density at radius 1 is 1.08 bits per heavy atom. The molecule has 0 aliphatic carbocycles. The van der Waals surface area contributed by atoms with E-state index in [4.69, 9.17) is 0 Å².